The Morgan fingerprint density at radius 3 is 1.98 bits per heavy atom. The maximum absolute atomic E-state index is 5.11. The number of benzene rings is 4. The number of rotatable bonds is 7. The first-order chi connectivity index (χ1) is 22.8. The van der Waals surface area contributed by atoms with Gasteiger partial charge >= 0.3 is 0 Å². The van der Waals surface area contributed by atoms with Gasteiger partial charge < -0.3 is 15.1 Å². The van der Waals surface area contributed by atoms with Gasteiger partial charge in [-0.15, -0.1) is 0 Å². The van der Waals surface area contributed by atoms with E-state index in [1.807, 2.05) is 0 Å². The van der Waals surface area contributed by atoms with E-state index in [9.17, 15) is 0 Å². The van der Waals surface area contributed by atoms with Gasteiger partial charge in [0.05, 0.1) is 29.7 Å². The number of para-hydroxylation sites is 5. The van der Waals surface area contributed by atoms with Gasteiger partial charge in [-0.05, 0) is 91.8 Å². The molecule has 5 heteroatoms. The minimum absolute atomic E-state index is 0.112. The molecule has 2 aliphatic heterocycles. The lowest BCUT2D eigenvalue weighted by Crippen LogP contribution is -2.34. The number of nitrogens with zero attached hydrogens (tertiary/aromatic N) is 4. The highest BCUT2D eigenvalue weighted by molar-refractivity contribution is 6.32. The molecule has 0 bridgehead atoms. The van der Waals surface area contributed by atoms with Crippen molar-refractivity contribution in [2.45, 2.75) is 44.3 Å². The smallest absolute Gasteiger partial charge is 0.126 e. The molecular weight excluding hydrogens is 562 g/mol. The average Bonchev–Trinajstić information content (AvgIpc) is 3.53. The lowest BCUT2D eigenvalue weighted by Gasteiger charge is -2.33. The van der Waals surface area contributed by atoms with Crippen LogP contribution in [0.25, 0.3) is 0 Å². The number of hydrogen-bond acceptors (Lipinski definition) is 5. The summed E-state index contributed by atoms with van der Waals surface area (Å²) < 4.78 is 0. The van der Waals surface area contributed by atoms with E-state index in [-0.39, 0.29) is 12.2 Å². The zero-order valence-electron chi connectivity index (χ0n) is 26.0. The van der Waals surface area contributed by atoms with E-state index >= 15 is 0 Å². The number of hydrogen-bond donors (Lipinski definition) is 1. The molecule has 5 nitrogen and oxygen atoms in total. The molecule has 0 fully saturated rings. The quantitative estimate of drug-likeness (QED) is 0.229. The molecule has 2 heterocycles. The summed E-state index contributed by atoms with van der Waals surface area (Å²) in [6.45, 7) is 0.747. The monoisotopic (exact) mass is 601 g/mol. The molecule has 46 heavy (non-hydrogen) atoms. The summed E-state index contributed by atoms with van der Waals surface area (Å²) in [6.07, 6.45) is 14.4. The van der Waals surface area contributed by atoms with Gasteiger partial charge in [0, 0.05) is 34.9 Å². The summed E-state index contributed by atoms with van der Waals surface area (Å²) in [7, 11) is 0. The van der Waals surface area contributed by atoms with Crippen LogP contribution in [0.3, 0.4) is 0 Å². The van der Waals surface area contributed by atoms with Crippen molar-refractivity contribution in [3.05, 3.63) is 150 Å². The molecule has 0 amide bonds. The van der Waals surface area contributed by atoms with Crippen LogP contribution in [-0.2, 0) is 0 Å². The van der Waals surface area contributed by atoms with Gasteiger partial charge in [0.1, 0.15) is 6.17 Å². The zero-order chi connectivity index (χ0) is 30.7. The van der Waals surface area contributed by atoms with Gasteiger partial charge in [-0.25, -0.2) is 0 Å². The van der Waals surface area contributed by atoms with Crippen LogP contribution < -0.4 is 15.1 Å². The first kappa shape index (κ1) is 28.3. The number of allylic oxidation sites excluding steroid dienone is 4. The zero-order valence-corrected chi connectivity index (χ0v) is 26.0. The predicted octanol–water partition coefficient (Wildman–Crippen LogP) is 9.64. The molecule has 2 aliphatic carbocycles. The molecule has 228 valence electrons. The first-order valence-electron chi connectivity index (χ1n) is 16.6. The van der Waals surface area contributed by atoms with Crippen LogP contribution in [0.5, 0.6) is 0 Å². The van der Waals surface area contributed by atoms with Crippen molar-refractivity contribution in [2.75, 3.05) is 21.7 Å². The third-order valence-electron chi connectivity index (χ3n) is 9.70. The van der Waals surface area contributed by atoms with Crippen molar-refractivity contribution in [3.63, 3.8) is 0 Å². The third-order valence-corrected chi connectivity index (χ3v) is 9.70. The average molecular weight is 602 g/mol. The van der Waals surface area contributed by atoms with Crippen LogP contribution in [0.15, 0.2) is 160 Å². The van der Waals surface area contributed by atoms with Crippen molar-refractivity contribution in [2.24, 2.45) is 15.9 Å². The van der Waals surface area contributed by atoms with E-state index in [1.165, 1.54) is 45.3 Å². The van der Waals surface area contributed by atoms with Crippen molar-refractivity contribution >= 4 is 40.4 Å². The molecule has 4 aliphatic rings. The Balaban J connectivity index is 0.943. The summed E-state index contributed by atoms with van der Waals surface area (Å²) in [5.74, 6) is 0.424. The summed E-state index contributed by atoms with van der Waals surface area (Å²) in [5.41, 5.74) is 11.3. The highest BCUT2D eigenvalue weighted by Gasteiger charge is 2.33. The maximum atomic E-state index is 5.11. The second kappa shape index (κ2) is 12.7. The van der Waals surface area contributed by atoms with E-state index in [2.05, 4.69) is 155 Å². The number of anilines is 5. The van der Waals surface area contributed by atoms with Crippen molar-refractivity contribution in [1.82, 2.24) is 0 Å². The fourth-order valence-electron chi connectivity index (χ4n) is 7.29. The molecule has 3 unspecified atom stereocenters. The Bertz CT molecular complexity index is 1800. The fraction of sp³-hybridized carbons (Fsp3) is 0.220. The lowest BCUT2D eigenvalue weighted by molar-refractivity contribution is 0.590. The van der Waals surface area contributed by atoms with Gasteiger partial charge in [-0.1, -0.05) is 85.0 Å². The Labute approximate surface area is 272 Å². The van der Waals surface area contributed by atoms with Crippen LogP contribution in [-0.4, -0.2) is 30.7 Å². The minimum Gasteiger partial charge on any atom is -0.360 e. The molecule has 4 aromatic rings. The molecule has 4 aromatic carbocycles. The molecule has 0 radical (unpaired) electrons. The van der Waals surface area contributed by atoms with E-state index < -0.39 is 0 Å². The molecule has 0 aromatic heterocycles. The van der Waals surface area contributed by atoms with Crippen LogP contribution in [0.1, 0.15) is 32.1 Å². The van der Waals surface area contributed by atoms with E-state index in [4.69, 9.17) is 9.98 Å². The molecule has 0 spiro atoms. The fourth-order valence-corrected chi connectivity index (χ4v) is 7.29. The highest BCUT2D eigenvalue weighted by Crippen LogP contribution is 2.43. The summed E-state index contributed by atoms with van der Waals surface area (Å²) in [4.78, 5) is 15.0. The van der Waals surface area contributed by atoms with Gasteiger partial charge in [-0.3, -0.25) is 9.98 Å². The summed E-state index contributed by atoms with van der Waals surface area (Å²) >= 11 is 0. The molecule has 1 N–H and O–H groups in total. The Kier molecular flexibility index (Phi) is 7.81. The molecular formula is C41H39N5. The SMILES string of the molecule is C1=NC(C2=CC=C(C3Nc4ccccc4N3c3ccccc3)CC2)CN=C1C1CC=C(N(c2ccccc2)c2ccccc2)CC1. The Hall–Kier alpha value is -5.16. The highest BCUT2D eigenvalue weighted by atomic mass is 15.3. The van der Waals surface area contributed by atoms with Crippen LogP contribution in [0.2, 0.25) is 0 Å². The van der Waals surface area contributed by atoms with Gasteiger partial charge in [0.15, 0.2) is 0 Å². The van der Waals surface area contributed by atoms with Crippen molar-refractivity contribution in [1.29, 1.82) is 0 Å². The third kappa shape index (κ3) is 5.58. The topological polar surface area (TPSA) is 43.2 Å². The van der Waals surface area contributed by atoms with Crippen LogP contribution >= 0.6 is 0 Å². The van der Waals surface area contributed by atoms with Gasteiger partial charge in [0.2, 0.25) is 0 Å². The predicted molar refractivity (Wildman–Crippen MR) is 193 cm³/mol. The van der Waals surface area contributed by atoms with Crippen LogP contribution in [0, 0.1) is 5.92 Å². The molecule has 0 saturated carbocycles. The minimum atomic E-state index is 0.112. The first-order valence-corrected chi connectivity index (χ1v) is 16.6. The normalized spacial score (nSPS) is 22.2. The number of nitrogens with one attached hydrogen (secondary N) is 1. The number of aliphatic imine (C=N–C) groups is 2. The summed E-state index contributed by atoms with van der Waals surface area (Å²) in [6, 6.07) is 40.8. The van der Waals surface area contributed by atoms with Gasteiger partial charge in [0.25, 0.3) is 0 Å². The Morgan fingerprint density at radius 2 is 1.35 bits per heavy atom. The van der Waals surface area contributed by atoms with Crippen molar-refractivity contribution < 1.29 is 0 Å². The molecule has 0 saturated heterocycles. The molecule has 8 rings (SSSR count). The second-order valence-electron chi connectivity index (χ2n) is 12.5. The number of fused-ring (bicyclic) bond motifs is 1. The summed E-state index contributed by atoms with van der Waals surface area (Å²) in [5, 5.41) is 3.79. The van der Waals surface area contributed by atoms with E-state index in [0.29, 0.717) is 5.92 Å². The standard InChI is InChI=1S/C41H39N5/c1-4-12-33(13-5-1)45(34-14-6-2-7-15-34)36-26-24-31(25-27-36)39-29-42-38(28-43-39)30-20-22-32(23-21-30)41-44-37-18-10-11-19-40(37)46(41)35-16-8-3-9-17-35/h1-20,22,26,29,31,38,41,44H,21,23-25,27-28H2. The van der Waals surface area contributed by atoms with Crippen molar-refractivity contribution in [3.8, 4) is 0 Å². The van der Waals surface area contributed by atoms with E-state index in [1.54, 1.807) is 0 Å². The van der Waals surface area contributed by atoms with Gasteiger partial charge in [-0.2, -0.15) is 0 Å². The maximum Gasteiger partial charge on any atom is 0.126 e. The Morgan fingerprint density at radius 1 is 0.696 bits per heavy atom. The largest absolute Gasteiger partial charge is 0.360 e. The second-order valence-corrected chi connectivity index (χ2v) is 12.5. The van der Waals surface area contributed by atoms with E-state index in [0.717, 1.165) is 44.4 Å². The lowest BCUT2D eigenvalue weighted by atomic mass is 9.87. The molecule has 3 atom stereocenters. The van der Waals surface area contributed by atoms with Crippen LogP contribution in [0.4, 0.5) is 28.4 Å².